The summed E-state index contributed by atoms with van der Waals surface area (Å²) in [6, 6.07) is 6.09. The van der Waals surface area contributed by atoms with Crippen molar-refractivity contribution in [3.63, 3.8) is 0 Å². The fraction of sp³-hybridized carbons (Fsp3) is 0.591. The number of aliphatic hydroxyl groups excluding tert-OH is 1. The second kappa shape index (κ2) is 9.05. The highest BCUT2D eigenvalue weighted by atomic mass is 16.7. The van der Waals surface area contributed by atoms with E-state index < -0.39 is 6.29 Å². The van der Waals surface area contributed by atoms with Crippen LogP contribution < -0.4 is 14.8 Å². The van der Waals surface area contributed by atoms with Gasteiger partial charge < -0.3 is 29.4 Å². The van der Waals surface area contributed by atoms with Crippen LogP contribution in [-0.2, 0) is 14.3 Å². The van der Waals surface area contributed by atoms with Crippen molar-refractivity contribution >= 4 is 5.91 Å². The van der Waals surface area contributed by atoms with Gasteiger partial charge in [0, 0.05) is 31.1 Å². The molecule has 1 saturated carbocycles. The first-order chi connectivity index (χ1) is 14.2. The maximum Gasteiger partial charge on any atom is 0.286 e. The second-order valence-electron chi connectivity index (χ2n) is 7.74. The first-order valence-corrected chi connectivity index (χ1v) is 10.5. The fourth-order valence-corrected chi connectivity index (χ4v) is 4.07. The average molecular weight is 403 g/mol. The summed E-state index contributed by atoms with van der Waals surface area (Å²) in [5, 5.41) is 12.4. The Bertz CT molecular complexity index is 760. The first-order valence-electron chi connectivity index (χ1n) is 10.5. The van der Waals surface area contributed by atoms with E-state index in [0.717, 1.165) is 30.6 Å². The third kappa shape index (κ3) is 4.36. The Hall–Kier alpha value is -2.25. The molecule has 7 nitrogen and oxygen atoms in total. The Morgan fingerprint density at radius 1 is 1.28 bits per heavy atom. The molecule has 1 aromatic rings. The topological polar surface area (TPSA) is 86.3 Å². The molecule has 0 unspecified atom stereocenters. The van der Waals surface area contributed by atoms with Crippen molar-refractivity contribution < 1.29 is 28.8 Å². The Labute approximate surface area is 171 Å². The van der Waals surface area contributed by atoms with Gasteiger partial charge in [-0.1, -0.05) is 6.07 Å². The number of amides is 1. The van der Waals surface area contributed by atoms with Crippen molar-refractivity contribution in [3.05, 3.63) is 35.6 Å². The predicted octanol–water partition coefficient (Wildman–Crippen LogP) is 2.83. The zero-order chi connectivity index (χ0) is 20.2. The molecule has 0 radical (unpaired) electrons. The Kier molecular flexibility index (Phi) is 6.25. The van der Waals surface area contributed by atoms with Gasteiger partial charge in [-0.2, -0.15) is 0 Å². The highest BCUT2D eigenvalue weighted by Gasteiger charge is 2.38. The van der Waals surface area contributed by atoms with Crippen molar-refractivity contribution in [1.82, 2.24) is 5.32 Å². The average Bonchev–Trinajstić information content (AvgIpc) is 3.17. The summed E-state index contributed by atoms with van der Waals surface area (Å²) in [6.07, 6.45) is 5.87. The minimum absolute atomic E-state index is 0.0253. The molecule has 158 valence electrons. The third-order valence-corrected chi connectivity index (χ3v) is 5.86. The maximum absolute atomic E-state index is 12.8. The van der Waals surface area contributed by atoms with Crippen molar-refractivity contribution in [3.8, 4) is 11.5 Å². The summed E-state index contributed by atoms with van der Waals surface area (Å²) in [5.41, 5.74) is 1.01. The van der Waals surface area contributed by atoms with Gasteiger partial charge >= 0.3 is 0 Å². The molecular formula is C22H29NO6. The van der Waals surface area contributed by atoms with E-state index in [4.69, 9.17) is 18.9 Å². The van der Waals surface area contributed by atoms with Gasteiger partial charge in [-0.3, -0.25) is 4.79 Å². The Morgan fingerprint density at radius 3 is 2.83 bits per heavy atom. The number of carbonyl (C=O) groups excluding carboxylic acids is 1. The summed E-state index contributed by atoms with van der Waals surface area (Å²) in [4.78, 5) is 12.8. The molecule has 1 aromatic carbocycles. The van der Waals surface area contributed by atoms with E-state index in [1.807, 2.05) is 31.2 Å². The van der Waals surface area contributed by atoms with E-state index in [1.54, 1.807) is 0 Å². The maximum atomic E-state index is 12.8. The van der Waals surface area contributed by atoms with Crippen molar-refractivity contribution in [2.45, 2.75) is 57.3 Å². The lowest BCUT2D eigenvalue weighted by molar-refractivity contribution is -0.167. The zero-order valence-corrected chi connectivity index (χ0v) is 16.8. The predicted molar refractivity (Wildman–Crippen MR) is 105 cm³/mol. The minimum Gasteiger partial charge on any atom is -0.459 e. The number of nitrogens with one attached hydrogen (secondary N) is 1. The molecule has 0 aromatic heterocycles. The first kappa shape index (κ1) is 20.0. The van der Waals surface area contributed by atoms with E-state index in [9.17, 15) is 9.90 Å². The number of benzene rings is 1. The molecule has 2 aliphatic heterocycles. The summed E-state index contributed by atoms with van der Waals surface area (Å²) < 4.78 is 22.9. The molecule has 0 saturated heterocycles. The van der Waals surface area contributed by atoms with Crippen molar-refractivity contribution in [2.75, 3.05) is 20.0 Å². The number of rotatable bonds is 8. The molecule has 0 spiro atoms. The molecule has 29 heavy (non-hydrogen) atoms. The molecule has 2 heterocycles. The van der Waals surface area contributed by atoms with Gasteiger partial charge in [-0.15, -0.1) is 0 Å². The van der Waals surface area contributed by atoms with Gasteiger partial charge in [0.15, 0.2) is 17.3 Å². The van der Waals surface area contributed by atoms with Crippen LogP contribution in [0.1, 0.15) is 50.5 Å². The zero-order valence-electron chi connectivity index (χ0n) is 16.8. The van der Waals surface area contributed by atoms with Crippen LogP contribution in [0.15, 0.2) is 30.0 Å². The fourth-order valence-electron chi connectivity index (χ4n) is 4.07. The number of hydrogen-bond donors (Lipinski definition) is 2. The van der Waals surface area contributed by atoms with Crippen LogP contribution in [-0.4, -0.2) is 43.4 Å². The highest BCUT2D eigenvalue weighted by molar-refractivity contribution is 5.92. The lowest BCUT2D eigenvalue weighted by atomic mass is 9.80. The number of carbonyl (C=O) groups is 1. The molecule has 7 heteroatoms. The molecule has 3 atom stereocenters. The van der Waals surface area contributed by atoms with E-state index in [2.05, 4.69) is 5.32 Å². The smallest absolute Gasteiger partial charge is 0.286 e. The SMILES string of the molecule is CCO[C@H]1OC(C(=O)NC2CCC2)=C[C@@H](c2ccc3c(c2)OCO3)[C@H]1CCCO. The summed E-state index contributed by atoms with van der Waals surface area (Å²) in [7, 11) is 0. The number of hydrogen-bond acceptors (Lipinski definition) is 6. The minimum atomic E-state index is -0.547. The molecule has 2 N–H and O–H groups in total. The molecule has 1 aliphatic carbocycles. The van der Waals surface area contributed by atoms with Crippen LogP contribution in [0.2, 0.25) is 0 Å². The van der Waals surface area contributed by atoms with Crippen LogP contribution in [0.5, 0.6) is 11.5 Å². The van der Waals surface area contributed by atoms with Crippen LogP contribution in [0.4, 0.5) is 0 Å². The lowest BCUT2D eigenvalue weighted by Crippen LogP contribution is -2.43. The number of aliphatic hydroxyl groups is 1. The highest BCUT2D eigenvalue weighted by Crippen LogP contribution is 2.42. The van der Waals surface area contributed by atoms with Crippen LogP contribution in [0.3, 0.4) is 0 Å². The molecular weight excluding hydrogens is 374 g/mol. The summed E-state index contributed by atoms with van der Waals surface area (Å²) in [5.74, 6) is 1.42. The van der Waals surface area contributed by atoms with Gasteiger partial charge in [0.1, 0.15) is 0 Å². The van der Waals surface area contributed by atoms with Gasteiger partial charge in [-0.05, 0) is 62.8 Å². The van der Waals surface area contributed by atoms with Crippen molar-refractivity contribution in [1.29, 1.82) is 0 Å². The van der Waals surface area contributed by atoms with Crippen molar-refractivity contribution in [2.24, 2.45) is 5.92 Å². The summed E-state index contributed by atoms with van der Waals surface area (Å²) >= 11 is 0. The lowest BCUT2D eigenvalue weighted by Gasteiger charge is -2.37. The van der Waals surface area contributed by atoms with E-state index in [-0.39, 0.29) is 37.2 Å². The van der Waals surface area contributed by atoms with Crippen LogP contribution >= 0.6 is 0 Å². The molecule has 4 rings (SSSR count). The van der Waals surface area contributed by atoms with Gasteiger partial charge in [-0.25, -0.2) is 0 Å². The number of fused-ring (bicyclic) bond motifs is 1. The normalized spacial score (nSPS) is 25.7. The van der Waals surface area contributed by atoms with E-state index >= 15 is 0 Å². The largest absolute Gasteiger partial charge is 0.459 e. The second-order valence-corrected chi connectivity index (χ2v) is 7.74. The number of ether oxygens (including phenoxy) is 4. The van der Waals surface area contributed by atoms with Gasteiger partial charge in [0.25, 0.3) is 5.91 Å². The summed E-state index contributed by atoms with van der Waals surface area (Å²) in [6.45, 7) is 2.70. The number of allylic oxidation sites excluding steroid dienone is 1. The third-order valence-electron chi connectivity index (χ3n) is 5.86. The Balaban J connectivity index is 1.64. The van der Waals surface area contributed by atoms with E-state index in [1.165, 1.54) is 0 Å². The van der Waals surface area contributed by atoms with Gasteiger partial charge in [0.2, 0.25) is 13.1 Å². The molecule has 0 bridgehead atoms. The Morgan fingerprint density at radius 2 is 2.10 bits per heavy atom. The monoisotopic (exact) mass is 403 g/mol. The van der Waals surface area contributed by atoms with Crippen LogP contribution in [0.25, 0.3) is 0 Å². The molecule has 1 amide bonds. The quantitative estimate of drug-likeness (QED) is 0.694. The van der Waals surface area contributed by atoms with Crippen LogP contribution in [0, 0.1) is 5.92 Å². The standard InChI is InChI=1S/C22H29NO6/c1-2-26-22-16(7-4-10-24)17(14-8-9-18-19(11-14)28-13-27-18)12-20(29-22)21(25)23-15-5-3-6-15/h8-9,11-12,15-17,22,24H,2-7,10,13H2,1H3,(H,23,25)/t16-,17+,22+/m1/s1. The van der Waals surface area contributed by atoms with E-state index in [0.29, 0.717) is 31.0 Å². The molecule has 1 fully saturated rings. The molecule has 3 aliphatic rings. The van der Waals surface area contributed by atoms with Gasteiger partial charge in [0.05, 0.1) is 0 Å².